The Morgan fingerprint density at radius 2 is 1.58 bits per heavy atom. The molecule has 6 heteroatoms. The number of hydrogen-bond acceptors (Lipinski definition) is 2. The molecule has 2 aromatic carbocycles. The van der Waals surface area contributed by atoms with Crippen LogP contribution in [-0.4, -0.2) is 8.42 Å². The van der Waals surface area contributed by atoms with Gasteiger partial charge < -0.3 is 0 Å². The van der Waals surface area contributed by atoms with Crippen LogP contribution >= 0.6 is 0 Å². The highest BCUT2D eigenvalue weighted by molar-refractivity contribution is 7.91. The molecule has 0 atom stereocenters. The Morgan fingerprint density at radius 3 is 2.05 bits per heavy atom. The molecule has 0 heterocycles. The van der Waals surface area contributed by atoms with Crippen molar-refractivity contribution < 1.29 is 21.6 Å². The summed E-state index contributed by atoms with van der Waals surface area (Å²) in [6.07, 6.45) is -4.51. The highest BCUT2D eigenvalue weighted by Gasteiger charge is 2.30. The largest absolute Gasteiger partial charge is 0.416 e. The van der Waals surface area contributed by atoms with Crippen molar-refractivity contribution in [2.75, 3.05) is 0 Å². The standard InChI is InChI=1S/C13H8F3O2S/c14-13(15,16)10-6-8-12(9-7-10)19(17,18)11-4-2-1-3-5-11/h1-8H. The minimum absolute atomic E-state index is 0.0195. The van der Waals surface area contributed by atoms with E-state index in [1.165, 1.54) is 24.3 Å². The van der Waals surface area contributed by atoms with E-state index in [-0.39, 0.29) is 9.79 Å². The zero-order valence-corrected chi connectivity index (χ0v) is 10.3. The van der Waals surface area contributed by atoms with E-state index in [4.69, 9.17) is 0 Å². The van der Waals surface area contributed by atoms with Crippen molar-refractivity contribution in [2.24, 2.45) is 0 Å². The predicted molar refractivity (Wildman–Crippen MR) is 62.2 cm³/mol. The van der Waals surface area contributed by atoms with Crippen molar-refractivity contribution in [3.8, 4) is 0 Å². The summed E-state index contributed by atoms with van der Waals surface area (Å²) in [6, 6.07) is 11.9. The van der Waals surface area contributed by atoms with E-state index in [0.717, 1.165) is 12.1 Å². The molecule has 0 spiro atoms. The summed E-state index contributed by atoms with van der Waals surface area (Å²) >= 11 is 0. The van der Waals surface area contributed by atoms with Gasteiger partial charge >= 0.3 is 6.18 Å². The smallest absolute Gasteiger partial charge is 0.218 e. The Labute approximate surface area is 108 Å². The summed E-state index contributed by atoms with van der Waals surface area (Å²) in [5.74, 6) is 0. The molecule has 0 unspecified atom stereocenters. The molecule has 0 saturated carbocycles. The van der Waals surface area contributed by atoms with Crippen molar-refractivity contribution in [3.63, 3.8) is 0 Å². The summed E-state index contributed by atoms with van der Waals surface area (Å²) in [4.78, 5) is -0.266. The van der Waals surface area contributed by atoms with Gasteiger partial charge in [-0.2, -0.15) is 13.2 Å². The maximum atomic E-state index is 12.4. The van der Waals surface area contributed by atoms with Crippen LogP contribution in [0.3, 0.4) is 0 Å². The van der Waals surface area contributed by atoms with Gasteiger partial charge in [-0.3, -0.25) is 0 Å². The van der Waals surface area contributed by atoms with E-state index in [1.807, 2.05) is 0 Å². The van der Waals surface area contributed by atoms with Gasteiger partial charge in [-0.15, -0.1) is 0 Å². The minimum atomic E-state index is -4.51. The zero-order chi connectivity index (χ0) is 14.1. The first-order valence-corrected chi connectivity index (χ1v) is 6.69. The van der Waals surface area contributed by atoms with Crippen LogP contribution in [0.15, 0.2) is 58.3 Å². The molecule has 2 rings (SSSR count). The van der Waals surface area contributed by atoms with Crippen molar-refractivity contribution >= 4 is 9.84 Å². The average molecular weight is 285 g/mol. The molecular weight excluding hydrogens is 277 g/mol. The van der Waals surface area contributed by atoms with Crippen LogP contribution in [-0.2, 0) is 16.0 Å². The second kappa shape index (κ2) is 4.70. The van der Waals surface area contributed by atoms with Crippen LogP contribution in [0.2, 0.25) is 0 Å². The molecule has 0 N–H and O–H groups in total. The lowest BCUT2D eigenvalue weighted by Gasteiger charge is -2.08. The van der Waals surface area contributed by atoms with E-state index >= 15 is 0 Å². The van der Waals surface area contributed by atoms with Crippen LogP contribution in [0.4, 0.5) is 13.2 Å². The molecule has 0 saturated heterocycles. The van der Waals surface area contributed by atoms with Gasteiger partial charge in [-0.1, -0.05) is 18.2 Å². The first-order chi connectivity index (χ1) is 8.82. The molecule has 0 aliphatic carbocycles. The molecule has 0 fully saturated rings. The zero-order valence-electron chi connectivity index (χ0n) is 9.48. The minimum Gasteiger partial charge on any atom is -0.218 e. The topological polar surface area (TPSA) is 34.1 Å². The maximum absolute atomic E-state index is 12.4. The predicted octanol–water partition coefficient (Wildman–Crippen LogP) is 3.34. The summed E-state index contributed by atoms with van der Waals surface area (Å²) in [5, 5.41) is 0. The summed E-state index contributed by atoms with van der Waals surface area (Å²) in [5.41, 5.74) is -0.931. The maximum Gasteiger partial charge on any atom is 0.416 e. The third-order valence-corrected chi connectivity index (χ3v) is 4.18. The first-order valence-electron chi connectivity index (χ1n) is 5.21. The van der Waals surface area contributed by atoms with Gasteiger partial charge in [-0.05, 0) is 30.3 Å². The van der Waals surface area contributed by atoms with Gasteiger partial charge in [0.25, 0.3) is 0 Å². The van der Waals surface area contributed by atoms with Crippen LogP contribution < -0.4 is 0 Å². The van der Waals surface area contributed by atoms with Gasteiger partial charge in [0.05, 0.1) is 15.4 Å². The Kier molecular flexibility index (Phi) is 3.36. The molecule has 0 aromatic heterocycles. The van der Waals surface area contributed by atoms with E-state index < -0.39 is 21.6 Å². The quantitative estimate of drug-likeness (QED) is 0.848. The van der Waals surface area contributed by atoms with Gasteiger partial charge in [0.1, 0.15) is 0 Å². The number of hydrogen-bond donors (Lipinski definition) is 0. The van der Waals surface area contributed by atoms with E-state index in [9.17, 15) is 21.6 Å². The van der Waals surface area contributed by atoms with Gasteiger partial charge in [0.15, 0.2) is 0 Å². The monoisotopic (exact) mass is 285 g/mol. The Balaban J connectivity index is 2.43. The fourth-order valence-corrected chi connectivity index (χ4v) is 2.71. The highest BCUT2D eigenvalue weighted by Crippen LogP contribution is 2.30. The Morgan fingerprint density at radius 1 is 0.947 bits per heavy atom. The molecular formula is C13H8F3O2S. The molecule has 2 aromatic rings. The molecule has 99 valence electrons. The van der Waals surface area contributed by atoms with Crippen molar-refractivity contribution in [1.82, 2.24) is 0 Å². The van der Waals surface area contributed by atoms with Crippen LogP contribution in [0.25, 0.3) is 0 Å². The summed E-state index contributed by atoms with van der Waals surface area (Å²) in [6.45, 7) is 0. The number of benzene rings is 2. The van der Waals surface area contributed by atoms with E-state index in [2.05, 4.69) is 6.07 Å². The van der Waals surface area contributed by atoms with Crippen LogP contribution in [0.1, 0.15) is 5.56 Å². The molecule has 2 nitrogen and oxygen atoms in total. The molecule has 0 aliphatic heterocycles. The lowest BCUT2D eigenvalue weighted by Crippen LogP contribution is -2.06. The molecule has 1 radical (unpaired) electrons. The fourth-order valence-electron chi connectivity index (χ4n) is 1.48. The first kappa shape index (κ1) is 13.6. The summed E-state index contributed by atoms with van der Waals surface area (Å²) < 4.78 is 61.3. The molecule has 0 bridgehead atoms. The fraction of sp³-hybridized carbons (Fsp3) is 0.0769. The van der Waals surface area contributed by atoms with Crippen molar-refractivity contribution in [2.45, 2.75) is 16.0 Å². The second-order valence-electron chi connectivity index (χ2n) is 3.76. The number of rotatable bonds is 2. The van der Waals surface area contributed by atoms with Crippen LogP contribution in [0.5, 0.6) is 0 Å². The van der Waals surface area contributed by atoms with Gasteiger partial charge in [0.2, 0.25) is 9.84 Å². The third kappa shape index (κ3) is 2.78. The van der Waals surface area contributed by atoms with Gasteiger partial charge in [0, 0.05) is 6.07 Å². The molecule has 19 heavy (non-hydrogen) atoms. The van der Waals surface area contributed by atoms with Crippen molar-refractivity contribution in [1.29, 1.82) is 0 Å². The number of halogens is 3. The van der Waals surface area contributed by atoms with Gasteiger partial charge in [-0.25, -0.2) is 8.42 Å². The average Bonchev–Trinajstić information content (AvgIpc) is 2.39. The van der Waals surface area contributed by atoms with E-state index in [1.54, 1.807) is 6.07 Å². The normalized spacial score (nSPS) is 12.4. The van der Waals surface area contributed by atoms with E-state index in [0.29, 0.717) is 6.07 Å². The number of alkyl halides is 3. The lowest BCUT2D eigenvalue weighted by molar-refractivity contribution is -0.137. The number of sulfone groups is 1. The third-order valence-electron chi connectivity index (χ3n) is 2.45. The second-order valence-corrected chi connectivity index (χ2v) is 5.67. The SMILES string of the molecule is O=S(=O)(c1[c]cc(C(F)(F)F)cc1)c1ccccc1. The summed E-state index contributed by atoms with van der Waals surface area (Å²) in [7, 11) is -3.82. The van der Waals surface area contributed by atoms with Crippen molar-refractivity contribution in [3.05, 3.63) is 60.2 Å². The molecule has 0 amide bonds. The van der Waals surface area contributed by atoms with Crippen LogP contribution in [0, 0.1) is 6.07 Å². The molecule has 0 aliphatic rings. The lowest BCUT2D eigenvalue weighted by atomic mass is 10.2. The Bertz CT molecular complexity index is 659. The Hall–Kier alpha value is -1.82. The highest BCUT2D eigenvalue weighted by atomic mass is 32.2.